The van der Waals surface area contributed by atoms with Crippen molar-refractivity contribution in [3.8, 4) is 5.75 Å². The Morgan fingerprint density at radius 2 is 1.89 bits per heavy atom. The van der Waals surface area contributed by atoms with Gasteiger partial charge in [0.05, 0.1) is 4.90 Å². The molecule has 2 aromatic rings. The maximum atomic E-state index is 11.1. The average Bonchev–Trinajstić information content (AvgIpc) is 2.31. The summed E-state index contributed by atoms with van der Waals surface area (Å²) < 4.78 is 0. The van der Waals surface area contributed by atoms with Gasteiger partial charge in [-0.25, -0.2) is 0 Å². The third kappa shape index (κ3) is 3.06. The molecular formula is C14H13NO3S. The molecule has 0 aliphatic rings. The van der Waals surface area contributed by atoms with Crippen LogP contribution in [-0.2, 0) is 9.59 Å². The highest BCUT2D eigenvalue weighted by Crippen LogP contribution is 2.36. The van der Waals surface area contributed by atoms with E-state index in [9.17, 15) is 14.7 Å². The average molecular weight is 275 g/mol. The van der Waals surface area contributed by atoms with E-state index in [-0.39, 0.29) is 16.8 Å². The van der Waals surface area contributed by atoms with Crippen molar-refractivity contribution < 1.29 is 14.7 Å². The van der Waals surface area contributed by atoms with Crippen LogP contribution in [0.25, 0.3) is 10.8 Å². The third-order valence-corrected chi connectivity index (χ3v) is 3.37. The van der Waals surface area contributed by atoms with Crippen LogP contribution in [0.1, 0.15) is 13.8 Å². The fourth-order valence-electron chi connectivity index (χ4n) is 1.81. The molecule has 0 bridgehead atoms. The van der Waals surface area contributed by atoms with Gasteiger partial charge in [0.1, 0.15) is 5.75 Å². The fourth-order valence-corrected chi connectivity index (χ4v) is 2.46. The molecule has 2 aromatic carbocycles. The Hall–Kier alpha value is -2.01. The van der Waals surface area contributed by atoms with Crippen molar-refractivity contribution in [2.45, 2.75) is 18.7 Å². The Morgan fingerprint density at radius 1 is 1.16 bits per heavy atom. The van der Waals surface area contributed by atoms with Crippen LogP contribution < -0.4 is 5.32 Å². The van der Waals surface area contributed by atoms with Crippen molar-refractivity contribution in [1.82, 2.24) is 0 Å². The van der Waals surface area contributed by atoms with Crippen molar-refractivity contribution in [2.24, 2.45) is 0 Å². The highest BCUT2D eigenvalue weighted by molar-refractivity contribution is 8.13. The quantitative estimate of drug-likeness (QED) is 0.826. The van der Waals surface area contributed by atoms with Gasteiger partial charge in [-0.3, -0.25) is 9.59 Å². The Kier molecular flexibility index (Phi) is 3.76. The molecule has 0 fully saturated rings. The van der Waals surface area contributed by atoms with Crippen LogP contribution in [-0.4, -0.2) is 16.1 Å². The number of benzene rings is 2. The minimum Gasteiger partial charge on any atom is -0.506 e. The van der Waals surface area contributed by atoms with Crippen LogP contribution in [0.3, 0.4) is 0 Å². The number of amides is 1. The number of aromatic hydroxyl groups is 1. The van der Waals surface area contributed by atoms with Crippen molar-refractivity contribution in [1.29, 1.82) is 0 Å². The van der Waals surface area contributed by atoms with Gasteiger partial charge in [0.2, 0.25) is 5.91 Å². The van der Waals surface area contributed by atoms with Crippen LogP contribution in [0.5, 0.6) is 5.75 Å². The molecule has 0 spiro atoms. The Morgan fingerprint density at radius 3 is 2.53 bits per heavy atom. The lowest BCUT2D eigenvalue weighted by atomic mass is 10.1. The van der Waals surface area contributed by atoms with E-state index < -0.39 is 0 Å². The fraction of sp³-hybridized carbons (Fsp3) is 0.143. The summed E-state index contributed by atoms with van der Waals surface area (Å²) >= 11 is 0.996. The summed E-state index contributed by atoms with van der Waals surface area (Å²) in [5.41, 5.74) is 0.673. The number of rotatable bonds is 2. The SMILES string of the molecule is CC(=O)Nc1ccc2c(O)c(SC(C)=O)ccc2c1. The van der Waals surface area contributed by atoms with Gasteiger partial charge >= 0.3 is 0 Å². The summed E-state index contributed by atoms with van der Waals surface area (Å²) in [5, 5.41) is 14.2. The zero-order valence-corrected chi connectivity index (χ0v) is 11.4. The van der Waals surface area contributed by atoms with E-state index in [0.717, 1.165) is 17.1 Å². The molecule has 0 aromatic heterocycles. The molecule has 5 heteroatoms. The van der Waals surface area contributed by atoms with Crippen LogP contribution in [0, 0.1) is 0 Å². The standard InChI is InChI=1S/C14H13NO3S/c1-8(16)15-11-4-5-12-10(7-11)3-6-13(14(12)18)19-9(2)17/h3-7,18H,1-2H3,(H,15,16). The number of nitrogens with one attached hydrogen (secondary N) is 1. The maximum Gasteiger partial charge on any atom is 0.221 e. The maximum absolute atomic E-state index is 11.1. The first-order chi connectivity index (χ1) is 8.97. The van der Waals surface area contributed by atoms with Gasteiger partial charge < -0.3 is 10.4 Å². The van der Waals surface area contributed by atoms with E-state index in [0.29, 0.717) is 16.0 Å². The summed E-state index contributed by atoms with van der Waals surface area (Å²) in [7, 11) is 0. The zero-order valence-electron chi connectivity index (χ0n) is 10.6. The first-order valence-corrected chi connectivity index (χ1v) is 6.51. The Balaban J connectivity index is 2.47. The van der Waals surface area contributed by atoms with E-state index in [4.69, 9.17) is 0 Å². The number of carbonyl (C=O) groups is 2. The first kappa shape index (κ1) is 13.4. The molecule has 0 radical (unpaired) electrons. The molecule has 0 aliphatic carbocycles. The van der Waals surface area contributed by atoms with E-state index >= 15 is 0 Å². The minimum absolute atomic E-state index is 0.0792. The second-order valence-corrected chi connectivity index (χ2v) is 5.34. The molecule has 0 unspecified atom stereocenters. The van der Waals surface area contributed by atoms with Crippen LogP contribution in [0.15, 0.2) is 35.2 Å². The molecule has 2 N–H and O–H groups in total. The molecule has 4 nitrogen and oxygen atoms in total. The smallest absolute Gasteiger partial charge is 0.221 e. The van der Waals surface area contributed by atoms with Crippen molar-refractivity contribution in [3.63, 3.8) is 0 Å². The van der Waals surface area contributed by atoms with Crippen LogP contribution in [0.4, 0.5) is 5.69 Å². The lowest BCUT2D eigenvalue weighted by Crippen LogP contribution is -2.05. The number of fused-ring (bicyclic) bond motifs is 1. The molecule has 19 heavy (non-hydrogen) atoms. The highest BCUT2D eigenvalue weighted by atomic mass is 32.2. The van der Waals surface area contributed by atoms with Gasteiger partial charge in [-0.15, -0.1) is 0 Å². The summed E-state index contributed by atoms with van der Waals surface area (Å²) in [5.74, 6) is -0.0561. The van der Waals surface area contributed by atoms with E-state index in [2.05, 4.69) is 5.32 Å². The lowest BCUT2D eigenvalue weighted by molar-refractivity contribution is -0.114. The van der Waals surface area contributed by atoms with E-state index in [1.165, 1.54) is 13.8 Å². The summed E-state index contributed by atoms with van der Waals surface area (Å²) in [4.78, 5) is 22.6. The number of phenolic OH excluding ortho intramolecular Hbond substituents is 1. The van der Waals surface area contributed by atoms with Crippen molar-refractivity contribution in [3.05, 3.63) is 30.3 Å². The number of phenols is 1. The van der Waals surface area contributed by atoms with Crippen LogP contribution in [0.2, 0.25) is 0 Å². The van der Waals surface area contributed by atoms with Gasteiger partial charge in [0.15, 0.2) is 5.12 Å². The number of thioether (sulfide) groups is 1. The van der Waals surface area contributed by atoms with Gasteiger partial charge in [-0.2, -0.15) is 0 Å². The summed E-state index contributed by atoms with van der Waals surface area (Å²) in [6.07, 6.45) is 0. The molecule has 98 valence electrons. The zero-order chi connectivity index (χ0) is 14.0. The summed E-state index contributed by atoms with van der Waals surface area (Å²) in [6, 6.07) is 8.72. The molecular weight excluding hydrogens is 262 g/mol. The van der Waals surface area contributed by atoms with Gasteiger partial charge in [-0.05, 0) is 41.4 Å². The Bertz CT molecular complexity index is 667. The van der Waals surface area contributed by atoms with E-state index in [1.54, 1.807) is 24.3 Å². The molecule has 0 saturated heterocycles. The van der Waals surface area contributed by atoms with Gasteiger partial charge in [0.25, 0.3) is 0 Å². The monoisotopic (exact) mass is 275 g/mol. The van der Waals surface area contributed by atoms with E-state index in [1.807, 2.05) is 6.07 Å². The van der Waals surface area contributed by atoms with Gasteiger partial charge in [-0.1, -0.05) is 6.07 Å². The van der Waals surface area contributed by atoms with Crippen LogP contribution >= 0.6 is 11.8 Å². The molecule has 0 aliphatic heterocycles. The molecule has 0 saturated carbocycles. The molecule has 0 atom stereocenters. The third-order valence-electron chi connectivity index (χ3n) is 2.53. The molecule has 0 heterocycles. The number of hydrogen-bond acceptors (Lipinski definition) is 4. The summed E-state index contributed by atoms with van der Waals surface area (Å²) in [6.45, 7) is 2.89. The first-order valence-electron chi connectivity index (χ1n) is 5.69. The minimum atomic E-state index is -0.146. The van der Waals surface area contributed by atoms with Crippen molar-refractivity contribution >= 4 is 39.2 Å². The largest absolute Gasteiger partial charge is 0.506 e. The molecule has 1 amide bonds. The second kappa shape index (κ2) is 5.32. The number of carbonyl (C=O) groups excluding carboxylic acids is 2. The topological polar surface area (TPSA) is 66.4 Å². The van der Waals surface area contributed by atoms with Gasteiger partial charge in [0, 0.05) is 24.9 Å². The molecule has 2 rings (SSSR count). The number of hydrogen-bond donors (Lipinski definition) is 2. The van der Waals surface area contributed by atoms with Crippen molar-refractivity contribution in [2.75, 3.05) is 5.32 Å². The normalized spacial score (nSPS) is 10.4. The predicted molar refractivity (Wildman–Crippen MR) is 76.5 cm³/mol. The second-order valence-electron chi connectivity index (χ2n) is 4.12. The Labute approximate surface area is 114 Å². The highest BCUT2D eigenvalue weighted by Gasteiger charge is 2.09. The predicted octanol–water partition coefficient (Wildman–Crippen LogP) is 3.14. The number of anilines is 1. The lowest BCUT2D eigenvalue weighted by Gasteiger charge is -2.08.